The molecule has 0 radical (unpaired) electrons. The SMILES string of the molecule is Cc1ccc(C(C)NC(=O)[C@H](C)N)o1. The van der Waals surface area contributed by atoms with Gasteiger partial charge in [-0.15, -0.1) is 0 Å². The van der Waals surface area contributed by atoms with Crippen molar-refractivity contribution < 1.29 is 9.21 Å². The lowest BCUT2D eigenvalue weighted by atomic mass is 10.2. The van der Waals surface area contributed by atoms with Gasteiger partial charge in [-0.2, -0.15) is 0 Å². The molecular weight excluding hydrogens is 180 g/mol. The average molecular weight is 196 g/mol. The number of hydrogen-bond donors (Lipinski definition) is 2. The highest BCUT2D eigenvalue weighted by molar-refractivity contribution is 5.81. The van der Waals surface area contributed by atoms with Crippen LogP contribution < -0.4 is 11.1 Å². The van der Waals surface area contributed by atoms with E-state index in [9.17, 15) is 4.79 Å². The minimum atomic E-state index is -0.492. The minimum absolute atomic E-state index is 0.137. The Morgan fingerprint density at radius 3 is 2.57 bits per heavy atom. The van der Waals surface area contributed by atoms with Crippen molar-refractivity contribution in [2.75, 3.05) is 0 Å². The topological polar surface area (TPSA) is 68.3 Å². The Morgan fingerprint density at radius 2 is 2.14 bits per heavy atom. The summed E-state index contributed by atoms with van der Waals surface area (Å²) in [5.41, 5.74) is 5.42. The molecule has 0 spiro atoms. The molecule has 1 rings (SSSR count). The number of hydrogen-bond acceptors (Lipinski definition) is 3. The van der Waals surface area contributed by atoms with Gasteiger partial charge < -0.3 is 15.5 Å². The Labute approximate surface area is 83.5 Å². The summed E-state index contributed by atoms with van der Waals surface area (Å²) in [6, 6.07) is 3.08. The number of carbonyl (C=O) groups is 1. The number of furan rings is 1. The van der Waals surface area contributed by atoms with Gasteiger partial charge in [0.05, 0.1) is 12.1 Å². The maximum atomic E-state index is 11.3. The van der Waals surface area contributed by atoms with Crippen LogP contribution >= 0.6 is 0 Å². The van der Waals surface area contributed by atoms with E-state index in [0.717, 1.165) is 11.5 Å². The lowest BCUT2D eigenvalue weighted by molar-refractivity contribution is -0.122. The van der Waals surface area contributed by atoms with Gasteiger partial charge in [-0.3, -0.25) is 4.79 Å². The molecule has 0 saturated heterocycles. The Kier molecular flexibility index (Phi) is 3.30. The molecule has 0 bridgehead atoms. The lowest BCUT2D eigenvalue weighted by Gasteiger charge is -2.13. The molecular formula is C10H16N2O2. The monoisotopic (exact) mass is 196 g/mol. The third kappa shape index (κ3) is 2.60. The molecule has 1 aromatic heterocycles. The Bertz CT molecular complexity index is 318. The van der Waals surface area contributed by atoms with Crippen molar-refractivity contribution in [3.8, 4) is 0 Å². The summed E-state index contributed by atoms with van der Waals surface area (Å²) in [5, 5.41) is 2.75. The van der Waals surface area contributed by atoms with Gasteiger partial charge in [0, 0.05) is 0 Å². The van der Waals surface area contributed by atoms with E-state index in [1.807, 2.05) is 26.0 Å². The smallest absolute Gasteiger partial charge is 0.237 e. The molecule has 0 aliphatic carbocycles. The van der Waals surface area contributed by atoms with E-state index in [0.29, 0.717) is 0 Å². The second-order valence-corrected chi connectivity index (χ2v) is 3.47. The first-order chi connectivity index (χ1) is 6.50. The number of rotatable bonds is 3. The zero-order chi connectivity index (χ0) is 10.7. The average Bonchev–Trinajstić information content (AvgIpc) is 2.51. The first-order valence-electron chi connectivity index (χ1n) is 4.63. The third-order valence-corrected chi connectivity index (χ3v) is 1.96. The predicted octanol–water partition coefficient (Wildman–Crippen LogP) is 1.11. The van der Waals surface area contributed by atoms with Crippen molar-refractivity contribution in [3.63, 3.8) is 0 Å². The van der Waals surface area contributed by atoms with E-state index >= 15 is 0 Å². The molecule has 1 unspecified atom stereocenters. The minimum Gasteiger partial charge on any atom is -0.464 e. The van der Waals surface area contributed by atoms with Crippen LogP contribution in [0.15, 0.2) is 16.5 Å². The molecule has 1 amide bonds. The highest BCUT2D eigenvalue weighted by Gasteiger charge is 2.14. The standard InChI is InChI=1S/C10H16N2O2/c1-6-4-5-9(14-6)8(3)12-10(13)7(2)11/h4-5,7-8H,11H2,1-3H3,(H,12,13)/t7-,8?/m0/s1. The fourth-order valence-electron chi connectivity index (χ4n) is 1.10. The molecule has 78 valence electrons. The summed E-state index contributed by atoms with van der Waals surface area (Å²) in [6.45, 7) is 5.37. The molecule has 4 heteroatoms. The van der Waals surface area contributed by atoms with Crippen molar-refractivity contribution in [2.24, 2.45) is 5.73 Å². The fraction of sp³-hybridized carbons (Fsp3) is 0.500. The molecule has 4 nitrogen and oxygen atoms in total. The van der Waals surface area contributed by atoms with Crippen LogP contribution in [0.2, 0.25) is 0 Å². The number of carbonyl (C=O) groups excluding carboxylic acids is 1. The van der Waals surface area contributed by atoms with Crippen molar-refractivity contribution >= 4 is 5.91 Å². The largest absolute Gasteiger partial charge is 0.464 e. The maximum Gasteiger partial charge on any atom is 0.237 e. The highest BCUT2D eigenvalue weighted by Crippen LogP contribution is 2.15. The van der Waals surface area contributed by atoms with Crippen LogP contribution in [0.25, 0.3) is 0 Å². The highest BCUT2D eigenvalue weighted by atomic mass is 16.3. The van der Waals surface area contributed by atoms with Crippen molar-refractivity contribution in [3.05, 3.63) is 23.7 Å². The molecule has 1 heterocycles. The summed E-state index contributed by atoms with van der Waals surface area (Å²) in [7, 11) is 0. The fourth-order valence-corrected chi connectivity index (χ4v) is 1.10. The van der Waals surface area contributed by atoms with E-state index in [4.69, 9.17) is 10.2 Å². The van der Waals surface area contributed by atoms with Crippen LogP contribution in [0.3, 0.4) is 0 Å². The molecule has 0 aliphatic heterocycles. The van der Waals surface area contributed by atoms with Crippen LogP contribution in [0, 0.1) is 6.92 Å². The van der Waals surface area contributed by atoms with E-state index in [1.54, 1.807) is 6.92 Å². The van der Waals surface area contributed by atoms with Crippen LogP contribution in [0.5, 0.6) is 0 Å². The molecule has 14 heavy (non-hydrogen) atoms. The molecule has 3 N–H and O–H groups in total. The lowest BCUT2D eigenvalue weighted by Crippen LogP contribution is -2.39. The summed E-state index contributed by atoms with van der Waals surface area (Å²) in [5.74, 6) is 1.41. The predicted molar refractivity (Wildman–Crippen MR) is 53.7 cm³/mol. The number of aryl methyl sites for hydroxylation is 1. The first kappa shape index (κ1) is 10.8. The van der Waals surface area contributed by atoms with Gasteiger partial charge in [-0.1, -0.05) is 0 Å². The van der Waals surface area contributed by atoms with Crippen LogP contribution in [0.4, 0.5) is 0 Å². The molecule has 0 aromatic carbocycles. The van der Waals surface area contributed by atoms with E-state index in [-0.39, 0.29) is 11.9 Å². The summed E-state index contributed by atoms with van der Waals surface area (Å²) < 4.78 is 5.37. The van der Waals surface area contributed by atoms with Crippen molar-refractivity contribution in [1.29, 1.82) is 0 Å². The van der Waals surface area contributed by atoms with Crippen LogP contribution in [0.1, 0.15) is 31.4 Å². The van der Waals surface area contributed by atoms with Gasteiger partial charge in [0.15, 0.2) is 0 Å². The van der Waals surface area contributed by atoms with Gasteiger partial charge in [0.1, 0.15) is 11.5 Å². The van der Waals surface area contributed by atoms with E-state index in [2.05, 4.69) is 5.32 Å². The zero-order valence-electron chi connectivity index (χ0n) is 8.70. The maximum absolute atomic E-state index is 11.3. The second-order valence-electron chi connectivity index (χ2n) is 3.47. The Hall–Kier alpha value is -1.29. The molecule has 0 aliphatic rings. The first-order valence-corrected chi connectivity index (χ1v) is 4.63. The Morgan fingerprint density at radius 1 is 1.50 bits per heavy atom. The van der Waals surface area contributed by atoms with Gasteiger partial charge in [0.2, 0.25) is 5.91 Å². The molecule has 0 fully saturated rings. The summed E-state index contributed by atoms with van der Waals surface area (Å²) in [6.07, 6.45) is 0. The summed E-state index contributed by atoms with van der Waals surface area (Å²) >= 11 is 0. The van der Waals surface area contributed by atoms with E-state index < -0.39 is 6.04 Å². The number of amides is 1. The third-order valence-electron chi connectivity index (χ3n) is 1.96. The molecule has 0 saturated carbocycles. The Balaban J connectivity index is 2.59. The number of nitrogens with two attached hydrogens (primary N) is 1. The van der Waals surface area contributed by atoms with Crippen molar-refractivity contribution in [1.82, 2.24) is 5.32 Å². The molecule has 1 aromatic rings. The summed E-state index contributed by atoms with van der Waals surface area (Å²) in [4.78, 5) is 11.3. The van der Waals surface area contributed by atoms with Gasteiger partial charge in [-0.05, 0) is 32.9 Å². The second kappa shape index (κ2) is 4.28. The van der Waals surface area contributed by atoms with Gasteiger partial charge in [-0.25, -0.2) is 0 Å². The zero-order valence-corrected chi connectivity index (χ0v) is 8.70. The van der Waals surface area contributed by atoms with Crippen molar-refractivity contribution in [2.45, 2.75) is 32.9 Å². The van der Waals surface area contributed by atoms with Crippen LogP contribution in [-0.2, 0) is 4.79 Å². The molecule has 2 atom stereocenters. The number of nitrogens with one attached hydrogen (secondary N) is 1. The van der Waals surface area contributed by atoms with Crippen LogP contribution in [-0.4, -0.2) is 11.9 Å². The van der Waals surface area contributed by atoms with Gasteiger partial charge >= 0.3 is 0 Å². The van der Waals surface area contributed by atoms with E-state index in [1.165, 1.54) is 0 Å². The normalized spacial score (nSPS) is 14.9. The quantitative estimate of drug-likeness (QED) is 0.761. The van der Waals surface area contributed by atoms with Gasteiger partial charge in [0.25, 0.3) is 0 Å².